The molecule has 2 aromatic heterocycles. The van der Waals surface area contributed by atoms with Gasteiger partial charge in [-0.25, -0.2) is 0 Å². The smallest absolute Gasteiger partial charge is 0.251 e. The SMILES string of the molecule is COc1ccnc(Cn2cc(N)c(C)cc2=O)c1OC. The molecule has 0 saturated carbocycles. The van der Waals surface area contributed by atoms with E-state index in [-0.39, 0.29) is 12.1 Å². The number of nitrogens with zero attached hydrogens (tertiary/aromatic N) is 2. The van der Waals surface area contributed by atoms with Crippen molar-refractivity contribution >= 4 is 5.69 Å². The molecular weight excluding hydrogens is 258 g/mol. The number of methoxy groups -OCH3 is 2. The van der Waals surface area contributed by atoms with Gasteiger partial charge < -0.3 is 19.8 Å². The molecule has 106 valence electrons. The van der Waals surface area contributed by atoms with Crippen molar-refractivity contribution in [3.05, 3.63) is 46.1 Å². The number of aromatic nitrogens is 2. The maximum absolute atomic E-state index is 12.0. The molecule has 6 heteroatoms. The number of hydrogen-bond donors (Lipinski definition) is 1. The van der Waals surface area contributed by atoms with Crippen LogP contribution >= 0.6 is 0 Å². The molecule has 2 rings (SSSR count). The van der Waals surface area contributed by atoms with Crippen LogP contribution in [0, 0.1) is 6.92 Å². The average Bonchev–Trinajstić information content (AvgIpc) is 2.44. The zero-order chi connectivity index (χ0) is 14.7. The summed E-state index contributed by atoms with van der Waals surface area (Å²) in [4.78, 5) is 16.2. The van der Waals surface area contributed by atoms with Gasteiger partial charge in [0.1, 0.15) is 5.69 Å². The lowest BCUT2D eigenvalue weighted by Gasteiger charge is -2.13. The Bertz CT molecular complexity index is 680. The molecule has 0 unspecified atom stereocenters. The van der Waals surface area contributed by atoms with Gasteiger partial charge in [-0.05, 0) is 12.5 Å². The summed E-state index contributed by atoms with van der Waals surface area (Å²) in [6.45, 7) is 2.06. The third-order valence-electron chi connectivity index (χ3n) is 3.06. The molecule has 0 radical (unpaired) electrons. The van der Waals surface area contributed by atoms with Gasteiger partial charge in [0.15, 0.2) is 11.5 Å². The molecule has 0 fully saturated rings. The van der Waals surface area contributed by atoms with Gasteiger partial charge in [0.2, 0.25) is 0 Å². The third-order valence-corrected chi connectivity index (χ3v) is 3.06. The van der Waals surface area contributed by atoms with Gasteiger partial charge in [0.05, 0.1) is 26.5 Å². The summed E-state index contributed by atoms with van der Waals surface area (Å²) in [6, 6.07) is 3.20. The Morgan fingerprint density at radius 3 is 2.75 bits per heavy atom. The first-order valence-electron chi connectivity index (χ1n) is 6.09. The van der Waals surface area contributed by atoms with Crippen molar-refractivity contribution in [2.45, 2.75) is 13.5 Å². The van der Waals surface area contributed by atoms with Gasteiger partial charge in [-0.2, -0.15) is 0 Å². The van der Waals surface area contributed by atoms with Crippen molar-refractivity contribution in [2.24, 2.45) is 0 Å². The van der Waals surface area contributed by atoms with Gasteiger partial charge in [-0.3, -0.25) is 9.78 Å². The van der Waals surface area contributed by atoms with E-state index in [9.17, 15) is 4.79 Å². The maximum atomic E-state index is 12.0. The summed E-state index contributed by atoms with van der Waals surface area (Å²) in [7, 11) is 3.09. The Morgan fingerprint density at radius 2 is 2.10 bits per heavy atom. The van der Waals surface area contributed by atoms with Gasteiger partial charge in [-0.15, -0.1) is 0 Å². The third kappa shape index (κ3) is 2.59. The van der Waals surface area contributed by atoms with E-state index in [1.807, 2.05) is 0 Å². The summed E-state index contributed by atoms with van der Waals surface area (Å²) >= 11 is 0. The van der Waals surface area contributed by atoms with Crippen molar-refractivity contribution in [3.8, 4) is 11.5 Å². The quantitative estimate of drug-likeness (QED) is 0.907. The van der Waals surface area contributed by atoms with E-state index in [4.69, 9.17) is 15.2 Å². The highest BCUT2D eigenvalue weighted by Crippen LogP contribution is 2.29. The summed E-state index contributed by atoms with van der Waals surface area (Å²) in [5, 5.41) is 0. The van der Waals surface area contributed by atoms with E-state index < -0.39 is 0 Å². The summed E-state index contributed by atoms with van der Waals surface area (Å²) < 4.78 is 12.0. The molecule has 0 atom stereocenters. The van der Waals surface area contributed by atoms with E-state index in [2.05, 4.69) is 4.98 Å². The predicted octanol–water partition coefficient (Wildman–Crippen LogP) is 1.20. The minimum Gasteiger partial charge on any atom is -0.493 e. The van der Waals surface area contributed by atoms with Gasteiger partial charge in [-0.1, -0.05) is 0 Å². The Hall–Kier alpha value is -2.50. The monoisotopic (exact) mass is 275 g/mol. The molecule has 2 N–H and O–H groups in total. The number of pyridine rings is 2. The Kier molecular flexibility index (Phi) is 3.93. The van der Waals surface area contributed by atoms with Crippen molar-refractivity contribution in [3.63, 3.8) is 0 Å². The van der Waals surface area contributed by atoms with Crippen LogP contribution < -0.4 is 20.8 Å². The highest BCUT2D eigenvalue weighted by molar-refractivity contribution is 5.45. The largest absolute Gasteiger partial charge is 0.493 e. The Labute approximate surface area is 116 Å². The van der Waals surface area contributed by atoms with Crippen molar-refractivity contribution < 1.29 is 9.47 Å². The van der Waals surface area contributed by atoms with E-state index >= 15 is 0 Å². The fraction of sp³-hybridized carbons (Fsp3) is 0.286. The molecule has 0 spiro atoms. The van der Waals surface area contributed by atoms with Crippen LogP contribution in [0.2, 0.25) is 0 Å². The van der Waals surface area contributed by atoms with Crippen LogP contribution in [0.4, 0.5) is 5.69 Å². The number of aryl methyl sites for hydroxylation is 1. The van der Waals surface area contributed by atoms with Crippen LogP contribution in [0.3, 0.4) is 0 Å². The number of nitrogens with two attached hydrogens (primary N) is 1. The van der Waals surface area contributed by atoms with Gasteiger partial charge >= 0.3 is 0 Å². The molecular formula is C14H17N3O3. The van der Waals surface area contributed by atoms with E-state index in [1.165, 1.54) is 17.7 Å². The second-order valence-corrected chi connectivity index (χ2v) is 4.37. The number of anilines is 1. The second-order valence-electron chi connectivity index (χ2n) is 4.37. The summed E-state index contributed by atoms with van der Waals surface area (Å²) in [6.07, 6.45) is 3.22. The highest BCUT2D eigenvalue weighted by Gasteiger charge is 2.12. The predicted molar refractivity (Wildman–Crippen MR) is 76.3 cm³/mol. The van der Waals surface area contributed by atoms with Crippen LogP contribution in [0.5, 0.6) is 11.5 Å². The van der Waals surface area contributed by atoms with Crippen LogP contribution in [-0.2, 0) is 6.54 Å². The number of nitrogen functional groups attached to an aromatic ring is 1. The molecule has 0 aromatic carbocycles. The van der Waals surface area contributed by atoms with Crippen LogP contribution in [0.15, 0.2) is 29.3 Å². The number of ether oxygens (including phenoxy) is 2. The average molecular weight is 275 g/mol. The Balaban J connectivity index is 2.45. The Morgan fingerprint density at radius 1 is 1.35 bits per heavy atom. The lowest BCUT2D eigenvalue weighted by molar-refractivity contribution is 0.348. The first-order valence-corrected chi connectivity index (χ1v) is 6.09. The number of hydrogen-bond acceptors (Lipinski definition) is 5. The minimum atomic E-state index is -0.136. The van der Waals surface area contributed by atoms with E-state index in [0.717, 1.165) is 5.56 Å². The maximum Gasteiger partial charge on any atom is 0.251 e. The fourth-order valence-corrected chi connectivity index (χ4v) is 1.93. The second kappa shape index (κ2) is 5.64. The van der Waals surface area contributed by atoms with Crippen molar-refractivity contribution in [1.82, 2.24) is 9.55 Å². The first kappa shape index (κ1) is 13.9. The molecule has 0 aliphatic heterocycles. The molecule has 20 heavy (non-hydrogen) atoms. The lowest BCUT2D eigenvalue weighted by Crippen LogP contribution is -2.21. The molecule has 6 nitrogen and oxygen atoms in total. The zero-order valence-corrected chi connectivity index (χ0v) is 11.7. The lowest BCUT2D eigenvalue weighted by atomic mass is 10.2. The van der Waals surface area contributed by atoms with E-state index in [1.54, 1.807) is 32.5 Å². The standard InChI is InChI=1S/C14H17N3O3/c1-9-6-13(18)17(7-10(9)15)8-11-14(20-3)12(19-2)4-5-16-11/h4-7H,8,15H2,1-3H3. The molecule has 2 aromatic rings. The van der Waals surface area contributed by atoms with Crippen LogP contribution in [-0.4, -0.2) is 23.8 Å². The molecule has 0 bridgehead atoms. The summed E-state index contributed by atoms with van der Waals surface area (Å²) in [5.41, 5.74) is 7.63. The minimum absolute atomic E-state index is 0.136. The van der Waals surface area contributed by atoms with Gasteiger partial charge in [0, 0.05) is 24.5 Å². The van der Waals surface area contributed by atoms with Crippen molar-refractivity contribution in [2.75, 3.05) is 20.0 Å². The van der Waals surface area contributed by atoms with Gasteiger partial charge in [0.25, 0.3) is 5.56 Å². The molecule has 0 aliphatic carbocycles. The normalized spacial score (nSPS) is 10.3. The van der Waals surface area contributed by atoms with E-state index in [0.29, 0.717) is 22.9 Å². The zero-order valence-electron chi connectivity index (χ0n) is 11.7. The molecule has 0 saturated heterocycles. The highest BCUT2D eigenvalue weighted by atomic mass is 16.5. The molecule has 2 heterocycles. The number of rotatable bonds is 4. The summed E-state index contributed by atoms with van der Waals surface area (Å²) in [5.74, 6) is 1.09. The van der Waals surface area contributed by atoms with Crippen LogP contribution in [0.1, 0.15) is 11.3 Å². The molecule has 0 amide bonds. The topological polar surface area (TPSA) is 79.4 Å². The van der Waals surface area contributed by atoms with Crippen molar-refractivity contribution in [1.29, 1.82) is 0 Å². The van der Waals surface area contributed by atoms with Crippen LogP contribution in [0.25, 0.3) is 0 Å². The fourth-order valence-electron chi connectivity index (χ4n) is 1.93. The molecule has 0 aliphatic rings. The first-order chi connectivity index (χ1) is 9.56.